The summed E-state index contributed by atoms with van der Waals surface area (Å²) in [5.74, 6) is -0.620. The summed E-state index contributed by atoms with van der Waals surface area (Å²) in [5.41, 5.74) is 0.497. The Hall–Kier alpha value is -1.95. The molecule has 0 bridgehead atoms. The predicted molar refractivity (Wildman–Crippen MR) is 89.5 cm³/mol. The molecule has 1 heterocycles. The molecule has 24 heavy (non-hydrogen) atoms. The van der Waals surface area contributed by atoms with Gasteiger partial charge in [0.05, 0.1) is 0 Å². The molecule has 1 aromatic rings. The standard InChI is InChI=1S/C18H25FN2O3/c1-13(9-11-24-2)20-18(23)21-10-3-4-15(12-21)17(22)14-5-7-16(19)8-6-14/h5-8,13,15H,3-4,9-12H2,1-2H3,(H,20,23)/t13-,15+/m1/s1. The number of piperidine rings is 1. The number of methoxy groups -OCH3 is 1. The monoisotopic (exact) mass is 336 g/mol. The topological polar surface area (TPSA) is 58.6 Å². The van der Waals surface area contributed by atoms with Crippen LogP contribution in [0.15, 0.2) is 24.3 Å². The molecule has 6 heteroatoms. The molecule has 0 aliphatic carbocycles. The van der Waals surface area contributed by atoms with Gasteiger partial charge in [0.1, 0.15) is 5.82 Å². The van der Waals surface area contributed by atoms with Crippen molar-refractivity contribution in [1.29, 1.82) is 0 Å². The average molecular weight is 336 g/mol. The number of benzene rings is 1. The van der Waals surface area contributed by atoms with E-state index in [2.05, 4.69) is 5.32 Å². The van der Waals surface area contributed by atoms with Crippen LogP contribution in [0.4, 0.5) is 9.18 Å². The minimum Gasteiger partial charge on any atom is -0.385 e. The molecule has 0 saturated carbocycles. The van der Waals surface area contributed by atoms with E-state index in [1.807, 2.05) is 6.92 Å². The number of nitrogens with zero attached hydrogens (tertiary/aromatic N) is 1. The number of nitrogens with one attached hydrogen (secondary N) is 1. The molecule has 0 aromatic heterocycles. The van der Waals surface area contributed by atoms with Crippen molar-refractivity contribution in [1.82, 2.24) is 10.2 Å². The van der Waals surface area contributed by atoms with Crippen LogP contribution >= 0.6 is 0 Å². The molecular weight excluding hydrogens is 311 g/mol. The summed E-state index contributed by atoms with van der Waals surface area (Å²) in [7, 11) is 1.63. The highest BCUT2D eigenvalue weighted by Gasteiger charge is 2.29. The highest BCUT2D eigenvalue weighted by Crippen LogP contribution is 2.21. The number of likely N-dealkylation sites (tertiary alicyclic amines) is 1. The maximum absolute atomic E-state index is 13.0. The van der Waals surface area contributed by atoms with Gasteiger partial charge in [-0.25, -0.2) is 9.18 Å². The highest BCUT2D eigenvalue weighted by molar-refractivity contribution is 5.98. The number of urea groups is 1. The molecular formula is C18H25FN2O3. The maximum atomic E-state index is 13.0. The zero-order valence-electron chi connectivity index (χ0n) is 14.3. The summed E-state index contributed by atoms with van der Waals surface area (Å²) in [4.78, 5) is 26.6. The van der Waals surface area contributed by atoms with Gasteiger partial charge in [-0.1, -0.05) is 0 Å². The van der Waals surface area contributed by atoms with Crippen LogP contribution in [0.3, 0.4) is 0 Å². The second kappa shape index (κ2) is 8.78. The molecule has 1 N–H and O–H groups in total. The highest BCUT2D eigenvalue weighted by atomic mass is 19.1. The molecule has 132 valence electrons. The number of hydrogen-bond donors (Lipinski definition) is 1. The van der Waals surface area contributed by atoms with Gasteiger partial charge in [0, 0.05) is 44.3 Å². The van der Waals surface area contributed by atoms with Crippen molar-refractivity contribution in [2.45, 2.75) is 32.2 Å². The van der Waals surface area contributed by atoms with Crippen LogP contribution in [0, 0.1) is 11.7 Å². The molecule has 0 spiro atoms. The van der Waals surface area contributed by atoms with Crippen molar-refractivity contribution in [3.63, 3.8) is 0 Å². The fourth-order valence-corrected chi connectivity index (χ4v) is 2.89. The number of halogens is 1. The van der Waals surface area contributed by atoms with Crippen LogP contribution in [-0.2, 0) is 4.74 Å². The second-order valence-corrected chi connectivity index (χ2v) is 6.29. The van der Waals surface area contributed by atoms with Crippen molar-refractivity contribution in [3.8, 4) is 0 Å². The number of amides is 2. The van der Waals surface area contributed by atoms with Gasteiger partial charge in [0.2, 0.25) is 0 Å². The first-order chi connectivity index (χ1) is 11.5. The van der Waals surface area contributed by atoms with Crippen LogP contribution in [0.1, 0.15) is 36.5 Å². The molecule has 2 rings (SSSR count). The molecule has 2 amide bonds. The molecule has 1 aliphatic rings. The largest absolute Gasteiger partial charge is 0.385 e. The Morgan fingerprint density at radius 1 is 1.38 bits per heavy atom. The molecule has 0 radical (unpaired) electrons. The lowest BCUT2D eigenvalue weighted by molar-refractivity contribution is 0.0844. The van der Waals surface area contributed by atoms with E-state index in [9.17, 15) is 14.0 Å². The van der Waals surface area contributed by atoms with E-state index in [-0.39, 0.29) is 29.6 Å². The van der Waals surface area contributed by atoms with Crippen LogP contribution in [0.25, 0.3) is 0 Å². The summed E-state index contributed by atoms with van der Waals surface area (Å²) in [6, 6.07) is 5.46. The molecule has 2 atom stereocenters. The second-order valence-electron chi connectivity index (χ2n) is 6.29. The summed E-state index contributed by atoms with van der Waals surface area (Å²) in [6.45, 7) is 3.57. The van der Waals surface area contributed by atoms with Crippen LogP contribution in [-0.4, -0.2) is 49.6 Å². The van der Waals surface area contributed by atoms with E-state index < -0.39 is 0 Å². The Balaban J connectivity index is 1.92. The SMILES string of the molecule is COCC[C@@H](C)NC(=O)N1CCC[C@H](C(=O)c2ccc(F)cc2)C1. The Morgan fingerprint density at radius 2 is 2.08 bits per heavy atom. The predicted octanol–water partition coefficient (Wildman–Crippen LogP) is 2.86. The van der Waals surface area contributed by atoms with E-state index in [1.165, 1.54) is 24.3 Å². The first kappa shape index (κ1) is 18.4. The van der Waals surface area contributed by atoms with Crippen molar-refractivity contribution >= 4 is 11.8 Å². The number of ether oxygens (including phenoxy) is 1. The number of carbonyl (C=O) groups excluding carboxylic acids is 2. The number of carbonyl (C=O) groups is 2. The normalized spacial score (nSPS) is 19.0. The van der Waals surface area contributed by atoms with E-state index in [1.54, 1.807) is 12.0 Å². The Bertz CT molecular complexity index is 562. The lowest BCUT2D eigenvalue weighted by Crippen LogP contribution is -2.49. The van der Waals surface area contributed by atoms with Crippen molar-refractivity contribution in [2.75, 3.05) is 26.8 Å². The van der Waals surface area contributed by atoms with Gasteiger partial charge >= 0.3 is 6.03 Å². The average Bonchev–Trinajstić information content (AvgIpc) is 2.60. The van der Waals surface area contributed by atoms with Crippen molar-refractivity contribution in [3.05, 3.63) is 35.6 Å². The summed E-state index contributed by atoms with van der Waals surface area (Å²) < 4.78 is 18.0. The minimum atomic E-state index is -0.360. The van der Waals surface area contributed by atoms with Gasteiger partial charge in [-0.15, -0.1) is 0 Å². The molecule has 1 saturated heterocycles. The van der Waals surface area contributed by atoms with Gasteiger partial charge in [-0.3, -0.25) is 4.79 Å². The Morgan fingerprint density at radius 3 is 2.75 bits per heavy atom. The quantitative estimate of drug-likeness (QED) is 0.813. The van der Waals surface area contributed by atoms with Gasteiger partial charge in [0.15, 0.2) is 5.78 Å². The minimum absolute atomic E-state index is 0.0191. The van der Waals surface area contributed by atoms with Crippen LogP contribution in [0.5, 0.6) is 0 Å². The smallest absolute Gasteiger partial charge is 0.317 e. The van der Waals surface area contributed by atoms with Crippen molar-refractivity contribution < 1.29 is 18.7 Å². The van der Waals surface area contributed by atoms with Gasteiger partial charge in [0.25, 0.3) is 0 Å². The molecule has 1 aromatic carbocycles. The first-order valence-corrected chi connectivity index (χ1v) is 8.35. The lowest BCUT2D eigenvalue weighted by atomic mass is 9.90. The third-order valence-electron chi connectivity index (χ3n) is 4.33. The molecule has 5 nitrogen and oxygen atoms in total. The zero-order chi connectivity index (χ0) is 17.5. The zero-order valence-corrected chi connectivity index (χ0v) is 14.3. The number of Topliss-reactive ketones (excluding diaryl/α,β-unsaturated/α-hetero) is 1. The van der Waals surface area contributed by atoms with E-state index in [0.29, 0.717) is 25.3 Å². The van der Waals surface area contributed by atoms with Crippen LogP contribution < -0.4 is 5.32 Å². The summed E-state index contributed by atoms with van der Waals surface area (Å²) in [5, 5.41) is 2.94. The summed E-state index contributed by atoms with van der Waals surface area (Å²) >= 11 is 0. The fraction of sp³-hybridized carbons (Fsp3) is 0.556. The van der Waals surface area contributed by atoms with Gasteiger partial charge in [-0.2, -0.15) is 0 Å². The first-order valence-electron chi connectivity index (χ1n) is 8.35. The molecule has 0 unspecified atom stereocenters. The maximum Gasteiger partial charge on any atom is 0.317 e. The third kappa shape index (κ3) is 5.03. The van der Waals surface area contributed by atoms with E-state index >= 15 is 0 Å². The van der Waals surface area contributed by atoms with Crippen LogP contribution in [0.2, 0.25) is 0 Å². The van der Waals surface area contributed by atoms with Gasteiger partial charge in [-0.05, 0) is 50.5 Å². The summed E-state index contributed by atoms with van der Waals surface area (Å²) in [6.07, 6.45) is 2.28. The fourth-order valence-electron chi connectivity index (χ4n) is 2.89. The Kier molecular flexibility index (Phi) is 6.73. The third-order valence-corrected chi connectivity index (χ3v) is 4.33. The van der Waals surface area contributed by atoms with E-state index in [4.69, 9.17) is 4.74 Å². The van der Waals surface area contributed by atoms with E-state index in [0.717, 1.165) is 19.3 Å². The molecule has 1 aliphatic heterocycles. The Labute approximate surface area is 142 Å². The lowest BCUT2D eigenvalue weighted by Gasteiger charge is -2.33. The van der Waals surface area contributed by atoms with Gasteiger partial charge < -0.3 is 15.0 Å². The number of rotatable bonds is 6. The van der Waals surface area contributed by atoms with Crippen molar-refractivity contribution in [2.24, 2.45) is 5.92 Å². The number of hydrogen-bond acceptors (Lipinski definition) is 3. The molecule has 1 fully saturated rings. The number of ketones is 1.